The molecule has 156 valence electrons. The van der Waals surface area contributed by atoms with Crippen LogP contribution in [0, 0.1) is 5.92 Å². The van der Waals surface area contributed by atoms with Gasteiger partial charge in [0.1, 0.15) is 17.2 Å². The molecule has 3 rings (SSSR count). The number of hydrogen-bond acceptors (Lipinski definition) is 4. The molecule has 0 N–H and O–H groups in total. The van der Waals surface area contributed by atoms with Crippen LogP contribution in [-0.4, -0.2) is 44.7 Å². The van der Waals surface area contributed by atoms with Crippen molar-refractivity contribution in [2.45, 2.75) is 32.6 Å². The summed E-state index contributed by atoms with van der Waals surface area (Å²) in [6.07, 6.45) is 4.29. The Labute approximate surface area is 173 Å². The Balaban J connectivity index is 1.52. The first-order valence-electron chi connectivity index (χ1n) is 10.4. The molecular formula is C24H31NO4. The summed E-state index contributed by atoms with van der Waals surface area (Å²) in [6.45, 7) is 4.26. The topological polar surface area (TPSA) is 48.0 Å². The summed E-state index contributed by atoms with van der Waals surface area (Å²) in [5, 5.41) is 0. The van der Waals surface area contributed by atoms with Crippen molar-refractivity contribution in [3.63, 3.8) is 0 Å². The standard InChI is InChI=1S/C24H31NO4/c1-4-29-20-9-7-18(8-10-20)5-6-19-13-15-25(16-14-19)24(26)22-17-21(27-2)11-12-23(22)28-3/h7-12,17,19H,4-6,13-16H2,1-3H3. The monoisotopic (exact) mass is 397 g/mol. The van der Waals surface area contributed by atoms with Crippen molar-refractivity contribution in [1.82, 2.24) is 4.90 Å². The third kappa shape index (κ3) is 5.43. The van der Waals surface area contributed by atoms with Gasteiger partial charge >= 0.3 is 0 Å². The second-order valence-corrected chi connectivity index (χ2v) is 7.42. The lowest BCUT2D eigenvalue weighted by molar-refractivity contribution is 0.0683. The second kappa shape index (κ2) is 10.2. The molecule has 0 spiro atoms. The molecule has 5 nitrogen and oxygen atoms in total. The molecule has 0 atom stereocenters. The van der Waals surface area contributed by atoms with Crippen molar-refractivity contribution in [1.29, 1.82) is 0 Å². The number of benzene rings is 2. The summed E-state index contributed by atoms with van der Waals surface area (Å²) in [5.74, 6) is 2.85. The number of methoxy groups -OCH3 is 2. The van der Waals surface area contributed by atoms with E-state index in [-0.39, 0.29) is 5.91 Å². The third-order valence-electron chi connectivity index (χ3n) is 5.61. The molecule has 0 unspecified atom stereocenters. The van der Waals surface area contributed by atoms with Gasteiger partial charge in [-0.25, -0.2) is 0 Å². The predicted molar refractivity (Wildman–Crippen MR) is 114 cm³/mol. The maximum Gasteiger partial charge on any atom is 0.257 e. The van der Waals surface area contributed by atoms with Crippen LogP contribution in [0.1, 0.15) is 42.1 Å². The number of carbonyl (C=O) groups is 1. The molecule has 1 aliphatic heterocycles. The fraction of sp³-hybridized carbons (Fsp3) is 0.458. The van der Waals surface area contributed by atoms with Gasteiger partial charge in [-0.15, -0.1) is 0 Å². The van der Waals surface area contributed by atoms with Gasteiger partial charge in [0.15, 0.2) is 0 Å². The van der Waals surface area contributed by atoms with Crippen LogP contribution < -0.4 is 14.2 Å². The first-order chi connectivity index (χ1) is 14.1. The number of amides is 1. The Morgan fingerprint density at radius 3 is 2.31 bits per heavy atom. The summed E-state index contributed by atoms with van der Waals surface area (Å²) < 4.78 is 16.1. The molecule has 1 amide bonds. The van der Waals surface area contributed by atoms with E-state index in [2.05, 4.69) is 12.1 Å². The minimum Gasteiger partial charge on any atom is -0.497 e. The smallest absolute Gasteiger partial charge is 0.257 e. The van der Waals surface area contributed by atoms with Gasteiger partial charge in [0.2, 0.25) is 0 Å². The second-order valence-electron chi connectivity index (χ2n) is 7.42. The van der Waals surface area contributed by atoms with E-state index in [0.717, 1.165) is 44.5 Å². The van der Waals surface area contributed by atoms with Gasteiger partial charge in [0.05, 0.1) is 26.4 Å². The van der Waals surface area contributed by atoms with Crippen molar-refractivity contribution in [2.24, 2.45) is 5.92 Å². The molecule has 0 aromatic heterocycles. The number of likely N-dealkylation sites (tertiary alicyclic amines) is 1. The van der Waals surface area contributed by atoms with Crippen LogP contribution in [0.5, 0.6) is 17.2 Å². The molecule has 5 heteroatoms. The predicted octanol–water partition coefficient (Wildman–Crippen LogP) is 4.59. The first kappa shape index (κ1) is 21.0. The lowest BCUT2D eigenvalue weighted by Crippen LogP contribution is -2.38. The fourth-order valence-electron chi connectivity index (χ4n) is 3.87. The van der Waals surface area contributed by atoms with Crippen molar-refractivity contribution in [2.75, 3.05) is 33.9 Å². The molecule has 2 aromatic rings. The van der Waals surface area contributed by atoms with Gasteiger partial charge in [0.25, 0.3) is 5.91 Å². The lowest BCUT2D eigenvalue weighted by atomic mass is 9.90. The van der Waals surface area contributed by atoms with E-state index in [0.29, 0.717) is 29.6 Å². The molecule has 29 heavy (non-hydrogen) atoms. The Kier molecular flexibility index (Phi) is 7.39. The molecule has 0 bridgehead atoms. The van der Waals surface area contributed by atoms with Crippen molar-refractivity contribution < 1.29 is 19.0 Å². The summed E-state index contributed by atoms with van der Waals surface area (Å²) in [7, 11) is 3.19. The molecule has 1 heterocycles. The van der Waals surface area contributed by atoms with Gasteiger partial charge in [-0.1, -0.05) is 12.1 Å². The molecule has 0 radical (unpaired) electrons. The highest BCUT2D eigenvalue weighted by molar-refractivity contribution is 5.97. The highest BCUT2D eigenvalue weighted by atomic mass is 16.5. The van der Waals surface area contributed by atoms with Gasteiger partial charge in [-0.05, 0) is 74.4 Å². The molecule has 2 aromatic carbocycles. The fourth-order valence-corrected chi connectivity index (χ4v) is 3.87. The molecule has 0 aliphatic carbocycles. The van der Waals surface area contributed by atoms with Crippen LogP contribution in [0.2, 0.25) is 0 Å². The maximum atomic E-state index is 13.0. The number of piperidine rings is 1. The number of ether oxygens (including phenoxy) is 3. The average Bonchev–Trinajstić information content (AvgIpc) is 2.78. The van der Waals surface area contributed by atoms with Crippen molar-refractivity contribution in [3.8, 4) is 17.2 Å². The third-order valence-corrected chi connectivity index (χ3v) is 5.61. The van der Waals surface area contributed by atoms with E-state index in [9.17, 15) is 4.79 Å². The normalized spacial score (nSPS) is 14.5. The number of hydrogen-bond donors (Lipinski definition) is 0. The van der Waals surface area contributed by atoms with Gasteiger partial charge in [-0.2, -0.15) is 0 Å². The Bertz CT molecular complexity index is 795. The average molecular weight is 398 g/mol. The van der Waals surface area contributed by atoms with Gasteiger partial charge in [0, 0.05) is 13.1 Å². The van der Waals surface area contributed by atoms with Crippen molar-refractivity contribution in [3.05, 3.63) is 53.6 Å². The summed E-state index contributed by atoms with van der Waals surface area (Å²) in [5.41, 5.74) is 1.91. The van der Waals surface area contributed by atoms with Crippen LogP contribution >= 0.6 is 0 Å². The Morgan fingerprint density at radius 1 is 1.00 bits per heavy atom. The van der Waals surface area contributed by atoms with Gasteiger partial charge in [-0.3, -0.25) is 4.79 Å². The van der Waals surface area contributed by atoms with E-state index in [1.807, 2.05) is 30.0 Å². The molecule has 1 aliphatic rings. The van der Waals surface area contributed by atoms with E-state index >= 15 is 0 Å². The number of nitrogens with zero attached hydrogens (tertiary/aromatic N) is 1. The summed E-state index contributed by atoms with van der Waals surface area (Å²) in [4.78, 5) is 14.9. The number of rotatable bonds is 8. The minimum absolute atomic E-state index is 0.0192. The van der Waals surface area contributed by atoms with E-state index in [4.69, 9.17) is 14.2 Å². The molecular weight excluding hydrogens is 366 g/mol. The van der Waals surface area contributed by atoms with E-state index < -0.39 is 0 Å². The molecule has 1 fully saturated rings. The van der Waals surface area contributed by atoms with E-state index in [1.165, 1.54) is 5.56 Å². The van der Waals surface area contributed by atoms with E-state index in [1.54, 1.807) is 26.4 Å². The van der Waals surface area contributed by atoms with Crippen LogP contribution in [0.25, 0.3) is 0 Å². The summed E-state index contributed by atoms with van der Waals surface area (Å²) in [6, 6.07) is 13.7. The highest BCUT2D eigenvalue weighted by Gasteiger charge is 2.25. The van der Waals surface area contributed by atoms with Crippen LogP contribution in [0.4, 0.5) is 0 Å². The minimum atomic E-state index is 0.0192. The Hall–Kier alpha value is -2.69. The molecule has 1 saturated heterocycles. The quantitative estimate of drug-likeness (QED) is 0.654. The van der Waals surface area contributed by atoms with Crippen molar-refractivity contribution >= 4 is 5.91 Å². The number of carbonyl (C=O) groups excluding carboxylic acids is 1. The Morgan fingerprint density at radius 2 is 1.69 bits per heavy atom. The largest absolute Gasteiger partial charge is 0.497 e. The maximum absolute atomic E-state index is 13.0. The molecule has 0 saturated carbocycles. The zero-order valence-electron chi connectivity index (χ0n) is 17.6. The van der Waals surface area contributed by atoms with Crippen LogP contribution in [-0.2, 0) is 6.42 Å². The SMILES string of the molecule is CCOc1ccc(CCC2CCN(C(=O)c3cc(OC)ccc3OC)CC2)cc1. The number of aryl methyl sites for hydroxylation is 1. The first-order valence-corrected chi connectivity index (χ1v) is 10.4. The summed E-state index contributed by atoms with van der Waals surface area (Å²) >= 11 is 0. The van der Waals surface area contributed by atoms with Crippen LogP contribution in [0.15, 0.2) is 42.5 Å². The van der Waals surface area contributed by atoms with Crippen LogP contribution in [0.3, 0.4) is 0 Å². The highest BCUT2D eigenvalue weighted by Crippen LogP contribution is 2.28. The van der Waals surface area contributed by atoms with Gasteiger partial charge < -0.3 is 19.1 Å². The zero-order valence-corrected chi connectivity index (χ0v) is 17.6. The lowest BCUT2D eigenvalue weighted by Gasteiger charge is -2.32. The zero-order chi connectivity index (χ0) is 20.6.